The molecule has 0 radical (unpaired) electrons. The lowest BCUT2D eigenvalue weighted by atomic mass is 10.2. The van der Waals surface area contributed by atoms with Gasteiger partial charge in [0, 0.05) is 11.4 Å². The molecular formula is C23H22N2O2S2. The van der Waals surface area contributed by atoms with E-state index >= 15 is 0 Å². The first-order chi connectivity index (χ1) is 14.2. The van der Waals surface area contributed by atoms with Gasteiger partial charge in [0.2, 0.25) is 11.8 Å². The molecule has 0 fully saturated rings. The first-order valence-electron chi connectivity index (χ1n) is 9.18. The quantitative estimate of drug-likeness (QED) is 0.452. The number of rotatable bonds is 9. The summed E-state index contributed by atoms with van der Waals surface area (Å²) in [7, 11) is 0. The lowest BCUT2D eigenvalue weighted by Crippen LogP contribution is -2.16. The summed E-state index contributed by atoms with van der Waals surface area (Å²) < 4.78 is -0.0146. The zero-order valence-corrected chi connectivity index (χ0v) is 17.4. The van der Waals surface area contributed by atoms with Gasteiger partial charge in [-0.05, 0) is 29.8 Å². The third-order valence-electron chi connectivity index (χ3n) is 3.92. The number of amides is 2. The molecule has 0 bridgehead atoms. The van der Waals surface area contributed by atoms with Gasteiger partial charge in [0.15, 0.2) is 0 Å². The van der Waals surface area contributed by atoms with E-state index in [-0.39, 0.29) is 16.4 Å². The van der Waals surface area contributed by atoms with Crippen LogP contribution in [-0.2, 0) is 9.59 Å². The Balaban J connectivity index is 1.55. The molecule has 3 rings (SSSR count). The van der Waals surface area contributed by atoms with Crippen LogP contribution in [-0.4, -0.2) is 23.3 Å². The number of anilines is 2. The molecule has 0 spiro atoms. The molecule has 0 saturated heterocycles. The van der Waals surface area contributed by atoms with Crippen LogP contribution >= 0.6 is 23.5 Å². The second kappa shape index (κ2) is 11.3. The van der Waals surface area contributed by atoms with E-state index in [1.165, 1.54) is 23.5 Å². The normalized spacial score (nSPS) is 10.5. The van der Waals surface area contributed by atoms with E-state index in [2.05, 4.69) is 10.6 Å². The van der Waals surface area contributed by atoms with E-state index in [0.29, 0.717) is 11.5 Å². The second-order valence-electron chi connectivity index (χ2n) is 6.19. The Kier molecular flexibility index (Phi) is 8.22. The van der Waals surface area contributed by atoms with E-state index < -0.39 is 0 Å². The fourth-order valence-corrected chi connectivity index (χ4v) is 4.83. The molecular weight excluding hydrogens is 400 g/mol. The number of carbonyl (C=O) groups is 2. The van der Waals surface area contributed by atoms with Crippen molar-refractivity contribution in [3.8, 4) is 0 Å². The van der Waals surface area contributed by atoms with Crippen molar-refractivity contribution in [1.29, 1.82) is 0 Å². The highest BCUT2D eigenvalue weighted by molar-refractivity contribution is 8.16. The first-order valence-corrected chi connectivity index (χ1v) is 11.3. The first kappa shape index (κ1) is 21.0. The standard InChI is InChI=1S/C23H22N2O2S2/c26-21(24-19-12-6-2-7-13-19)16-28-23(18-10-4-1-5-11-18)29-17-22(27)25-20-14-8-3-9-15-20/h1-15,23H,16-17H2,(H,24,26)(H,25,27). The summed E-state index contributed by atoms with van der Waals surface area (Å²) in [6.45, 7) is 0. The zero-order chi connectivity index (χ0) is 20.3. The van der Waals surface area contributed by atoms with Crippen LogP contribution in [0.3, 0.4) is 0 Å². The molecule has 0 aliphatic carbocycles. The fourth-order valence-electron chi connectivity index (χ4n) is 2.59. The molecule has 2 amide bonds. The zero-order valence-electron chi connectivity index (χ0n) is 15.8. The van der Waals surface area contributed by atoms with E-state index in [0.717, 1.165) is 16.9 Å². The summed E-state index contributed by atoms with van der Waals surface area (Å²) in [6, 6.07) is 28.7. The molecule has 4 nitrogen and oxygen atoms in total. The van der Waals surface area contributed by atoms with E-state index in [9.17, 15) is 9.59 Å². The summed E-state index contributed by atoms with van der Waals surface area (Å²) >= 11 is 3.04. The van der Waals surface area contributed by atoms with Gasteiger partial charge in [0.05, 0.1) is 16.1 Å². The summed E-state index contributed by atoms with van der Waals surface area (Å²) in [4.78, 5) is 24.6. The van der Waals surface area contributed by atoms with Crippen molar-refractivity contribution in [1.82, 2.24) is 0 Å². The Morgan fingerprint density at radius 3 is 1.41 bits per heavy atom. The van der Waals surface area contributed by atoms with Crippen molar-refractivity contribution in [2.45, 2.75) is 4.58 Å². The van der Waals surface area contributed by atoms with E-state index in [1.54, 1.807) is 0 Å². The highest BCUT2D eigenvalue weighted by atomic mass is 32.2. The minimum absolute atomic E-state index is 0.0146. The van der Waals surface area contributed by atoms with Crippen molar-refractivity contribution in [2.24, 2.45) is 0 Å². The number of thioether (sulfide) groups is 2. The minimum Gasteiger partial charge on any atom is -0.325 e. The van der Waals surface area contributed by atoms with Crippen molar-refractivity contribution in [3.05, 3.63) is 96.6 Å². The van der Waals surface area contributed by atoms with Crippen LogP contribution < -0.4 is 10.6 Å². The topological polar surface area (TPSA) is 58.2 Å². The molecule has 0 aromatic heterocycles. The van der Waals surface area contributed by atoms with Crippen LogP contribution in [0, 0.1) is 0 Å². The maximum atomic E-state index is 12.3. The lowest BCUT2D eigenvalue weighted by molar-refractivity contribution is -0.114. The lowest BCUT2D eigenvalue weighted by Gasteiger charge is -2.16. The SMILES string of the molecule is O=C(CSC(SCC(=O)Nc1ccccc1)c1ccccc1)Nc1ccccc1. The summed E-state index contributed by atoms with van der Waals surface area (Å²) in [5, 5.41) is 5.80. The van der Waals surface area contributed by atoms with E-state index in [4.69, 9.17) is 0 Å². The average molecular weight is 423 g/mol. The number of hydrogen-bond acceptors (Lipinski definition) is 4. The average Bonchev–Trinajstić information content (AvgIpc) is 2.76. The van der Waals surface area contributed by atoms with Crippen molar-refractivity contribution >= 4 is 46.7 Å². The Morgan fingerprint density at radius 1 is 0.621 bits per heavy atom. The summed E-state index contributed by atoms with van der Waals surface area (Å²) in [5.74, 6) is 0.497. The van der Waals surface area contributed by atoms with Gasteiger partial charge >= 0.3 is 0 Å². The Hall–Kier alpha value is -2.70. The predicted molar refractivity (Wildman–Crippen MR) is 124 cm³/mol. The monoisotopic (exact) mass is 422 g/mol. The minimum atomic E-state index is -0.0588. The third-order valence-corrected chi connectivity index (χ3v) is 6.74. The molecule has 0 atom stereocenters. The van der Waals surface area contributed by atoms with Crippen molar-refractivity contribution in [3.63, 3.8) is 0 Å². The van der Waals surface area contributed by atoms with Gasteiger partial charge in [-0.3, -0.25) is 9.59 Å². The second-order valence-corrected chi connectivity index (χ2v) is 8.68. The van der Waals surface area contributed by atoms with Gasteiger partial charge in [0.1, 0.15) is 0 Å². The van der Waals surface area contributed by atoms with Gasteiger partial charge in [-0.2, -0.15) is 0 Å². The maximum Gasteiger partial charge on any atom is 0.234 e. The van der Waals surface area contributed by atoms with Gasteiger partial charge in [-0.1, -0.05) is 66.7 Å². The number of nitrogens with one attached hydrogen (secondary N) is 2. The summed E-state index contributed by atoms with van der Waals surface area (Å²) in [6.07, 6.45) is 0. The van der Waals surface area contributed by atoms with Crippen LogP contribution in [0.1, 0.15) is 10.1 Å². The highest BCUT2D eigenvalue weighted by Crippen LogP contribution is 2.39. The molecule has 6 heteroatoms. The molecule has 148 valence electrons. The predicted octanol–water partition coefficient (Wildman–Crippen LogP) is 5.43. The van der Waals surface area contributed by atoms with Gasteiger partial charge in [0.25, 0.3) is 0 Å². The maximum absolute atomic E-state index is 12.3. The molecule has 0 aliphatic rings. The number of para-hydroxylation sites is 2. The molecule has 3 aromatic rings. The number of benzene rings is 3. The highest BCUT2D eigenvalue weighted by Gasteiger charge is 2.17. The fraction of sp³-hybridized carbons (Fsp3) is 0.130. The van der Waals surface area contributed by atoms with Gasteiger partial charge < -0.3 is 10.6 Å². The summed E-state index contributed by atoms with van der Waals surface area (Å²) in [5.41, 5.74) is 2.65. The van der Waals surface area contributed by atoms with Crippen molar-refractivity contribution < 1.29 is 9.59 Å². The molecule has 2 N–H and O–H groups in total. The van der Waals surface area contributed by atoms with Crippen molar-refractivity contribution in [2.75, 3.05) is 22.1 Å². The van der Waals surface area contributed by atoms with Gasteiger partial charge in [-0.25, -0.2) is 0 Å². The van der Waals surface area contributed by atoms with Crippen LogP contribution in [0.2, 0.25) is 0 Å². The van der Waals surface area contributed by atoms with Crippen LogP contribution in [0.5, 0.6) is 0 Å². The molecule has 0 saturated carbocycles. The Morgan fingerprint density at radius 2 is 1.00 bits per heavy atom. The third kappa shape index (κ3) is 7.33. The van der Waals surface area contributed by atoms with Gasteiger partial charge in [-0.15, -0.1) is 23.5 Å². The van der Waals surface area contributed by atoms with Crippen LogP contribution in [0.25, 0.3) is 0 Å². The Bertz CT molecular complexity index is 848. The molecule has 0 heterocycles. The smallest absolute Gasteiger partial charge is 0.234 e. The largest absolute Gasteiger partial charge is 0.325 e. The molecule has 29 heavy (non-hydrogen) atoms. The van der Waals surface area contributed by atoms with E-state index in [1.807, 2.05) is 91.0 Å². The number of hydrogen-bond donors (Lipinski definition) is 2. The van der Waals surface area contributed by atoms with Crippen LogP contribution in [0.15, 0.2) is 91.0 Å². The molecule has 3 aromatic carbocycles. The molecule has 0 aliphatic heterocycles. The van der Waals surface area contributed by atoms with Crippen LogP contribution in [0.4, 0.5) is 11.4 Å². The molecule has 0 unspecified atom stereocenters. The Labute approximate surface area is 179 Å². The number of carbonyl (C=O) groups excluding carboxylic acids is 2.